The third kappa shape index (κ3) is 4.18. The Labute approximate surface area is 206 Å². The first-order valence-electron chi connectivity index (χ1n) is 11.0. The van der Waals surface area contributed by atoms with E-state index in [2.05, 4.69) is 4.98 Å². The molecule has 0 spiro atoms. The summed E-state index contributed by atoms with van der Waals surface area (Å²) in [6.07, 6.45) is 1.68. The van der Waals surface area contributed by atoms with E-state index in [1.54, 1.807) is 47.9 Å². The SMILES string of the molecule is CC(=O)N(c1ccccc1)c1nc(/C=C2\C(=O)N(c3ccc(C)cc3)C(=O)c3ccccc32)cs1. The standard InChI is InChI=1S/C28H21N3O3S/c1-18-12-14-22(15-13-18)31-26(33)24-11-7-6-10-23(24)25(27(31)34)16-20-17-35-28(29-20)30(19(2)32)21-8-4-3-5-9-21/h3-17H,1-2H3/b25-16-. The van der Waals surface area contributed by atoms with Gasteiger partial charge < -0.3 is 0 Å². The van der Waals surface area contributed by atoms with Crippen molar-refractivity contribution in [3.8, 4) is 0 Å². The van der Waals surface area contributed by atoms with E-state index in [1.165, 1.54) is 28.1 Å². The van der Waals surface area contributed by atoms with Crippen LogP contribution in [0.15, 0.2) is 84.2 Å². The van der Waals surface area contributed by atoms with E-state index in [0.29, 0.717) is 38.9 Å². The molecule has 3 aromatic carbocycles. The highest BCUT2D eigenvalue weighted by molar-refractivity contribution is 7.14. The van der Waals surface area contributed by atoms with Crippen LogP contribution in [0, 0.1) is 6.92 Å². The van der Waals surface area contributed by atoms with Crippen LogP contribution in [0.1, 0.15) is 34.1 Å². The van der Waals surface area contributed by atoms with Crippen LogP contribution >= 0.6 is 11.3 Å². The molecule has 5 rings (SSSR count). The predicted molar refractivity (Wildman–Crippen MR) is 139 cm³/mol. The van der Waals surface area contributed by atoms with Gasteiger partial charge in [0.25, 0.3) is 11.8 Å². The molecule has 2 heterocycles. The second-order valence-corrected chi connectivity index (χ2v) is 8.97. The van der Waals surface area contributed by atoms with Crippen molar-refractivity contribution in [3.63, 3.8) is 0 Å². The molecule has 0 aliphatic carbocycles. The van der Waals surface area contributed by atoms with Gasteiger partial charge >= 0.3 is 0 Å². The molecule has 1 aliphatic rings. The Morgan fingerprint density at radius 2 is 1.54 bits per heavy atom. The normalized spacial score (nSPS) is 14.2. The van der Waals surface area contributed by atoms with Crippen LogP contribution in [-0.4, -0.2) is 22.7 Å². The number of carbonyl (C=O) groups excluding carboxylic acids is 3. The molecular weight excluding hydrogens is 458 g/mol. The maximum Gasteiger partial charge on any atom is 0.266 e. The van der Waals surface area contributed by atoms with Crippen LogP contribution in [0.5, 0.6) is 0 Å². The number of thiazole rings is 1. The van der Waals surface area contributed by atoms with Gasteiger partial charge in [0.05, 0.1) is 22.6 Å². The van der Waals surface area contributed by atoms with E-state index >= 15 is 0 Å². The predicted octanol–water partition coefficient (Wildman–Crippen LogP) is 5.86. The van der Waals surface area contributed by atoms with Crippen LogP contribution in [-0.2, 0) is 9.59 Å². The van der Waals surface area contributed by atoms with Crippen LogP contribution in [0.4, 0.5) is 16.5 Å². The molecule has 35 heavy (non-hydrogen) atoms. The highest BCUT2D eigenvalue weighted by atomic mass is 32.1. The van der Waals surface area contributed by atoms with Gasteiger partial charge in [-0.1, -0.05) is 54.1 Å². The minimum atomic E-state index is -0.418. The first-order valence-corrected chi connectivity index (χ1v) is 11.9. The zero-order valence-corrected chi connectivity index (χ0v) is 20.0. The maximum absolute atomic E-state index is 13.6. The lowest BCUT2D eigenvalue weighted by Crippen LogP contribution is -2.41. The van der Waals surface area contributed by atoms with Gasteiger partial charge in [-0.05, 0) is 43.3 Å². The average Bonchev–Trinajstić information content (AvgIpc) is 3.31. The van der Waals surface area contributed by atoms with E-state index in [-0.39, 0.29) is 11.8 Å². The summed E-state index contributed by atoms with van der Waals surface area (Å²) < 4.78 is 0. The summed E-state index contributed by atoms with van der Waals surface area (Å²) in [6, 6.07) is 23.6. The highest BCUT2D eigenvalue weighted by Gasteiger charge is 2.36. The lowest BCUT2D eigenvalue weighted by atomic mass is 9.92. The second-order valence-electron chi connectivity index (χ2n) is 8.13. The average molecular weight is 480 g/mol. The van der Waals surface area contributed by atoms with Crippen molar-refractivity contribution in [2.45, 2.75) is 13.8 Å². The number of rotatable bonds is 4. The zero-order valence-electron chi connectivity index (χ0n) is 19.1. The maximum atomic E-state index is 13.6. The summed E-state index contributed by atoms with van der Waals surface area (Å²) in [5, 5.41) is 2.29. The third-order valence-electron chi connectivity index (χ3n) is 5.70. The third-order valence-corrected chi connectivity index (χ3v) is 6.54. The van der Waals surface area contributed by atoms with Crippen LogP contribution in [0.2, 0.25) is 0 Å². The van der Waals surface area contributed by atoms with Gasteiger partial charge in [0, 0.05) is 23.4 Å². The van der Waals surface area contributed by atoms with E-state index in [9.17, 15) is 14.4 Å². The molecule has 6 nitrogen and oxygen atoms in total. The Balaban J connectivity index is 1.58. The number of hydrogen-bond donors (Lipinski definition) is 0. The van der Waals surface area contributed by atoms with Crippen LogP contribution in [0.3, 0.4) is 0 Å². The number of aromatic nitrogens is 1. The molecule has 1 aromatic heterocycles. The van der Waals surface area contributed by atoms with Crippen molar-refractivity contribution in [1.29, 1.82) is 0 Å². The number of amides is 3. The number of imide groups is 1. The Bertz CT molecular complexity index is 1470. The summed E-state index contributed by atoms with van der Waals surface area (Å²) in [4.78, 5) is 46.6. The molecule has 4 aromatic rings. The summed E-state index contributed by atoms with van der Waals surface area (Å²) in [7, 11) is 0. The van der Waals surface area contributed by atoms with Gasteiger partial charge in [-0.3, -0.25) is 19.3 Å². The van der Waals surface area contributed by atoms with E-state index in [0.717, 1.165) is 5.56 Å². The number of nitrogens with zero attached hydrogens (tertiary/aromatic N) is 3. The van der Waals surface area contributed by atoms with Gasteiger partial charge in [-0.2, -0.15) is 0 Å². The number of para-hydroxylation sites is 1. The Morgan fingerprint density at radius 1 is 0.886 bits per heavy atom. The number of anilines is 3. The molecule has 0 saturated heterocycles. The highest BCUT2D eigenvalue weighted by Crippen LogP contribution is 2.35. The van der Waals surface area contributed by atoms with E-state index < -0.39 is 5.91 Å². The molecule has 0 bridgehead atoms. The van der Waals surface area contributed by atoms with E-state index in [1.807, 2.05) is 49.4 Å². The number of aryl methyl sites for hydroxylation is 1. The molecular formula is C28H21N3O3S. The fraction of sp³-hybridized carbons (Fsp3) is 0.0714. The largest absolute Gasteiger partial charge is 0.274 e. The molecule has 0 fully saturated rings. The molecule has 0 unspecified atom stereocenters. The zero-order chi connectivity index (χ0) is 24.5. The Kier molecular flexibility index (Phi) is 5.84. The summed E-state index contributed by atoms with van der Waals surface area (Å²) >= 11 is 1.31. The van der Waals surface area contributed by atoms with Gasteiger partial charge in [0.1, 0.15) is 0 Å². The monoisotopic (exact) mass is 479 g/mol. The molecule has 0 saturated carbocycles. The molecule has 7 heteroatoms. The minimum Gasteiger partial charge on any atom is -0.274 e. The molecule has 0 N–H and O–H groups in total. The van der Waals surface area contributed by atoms with E-state index in [4.69, 9.17) is 0 Å². The first kappa shape index (κ1) is 22.4. The molecule has 1 aliphatic heterocycles. The van der Waals surface area contributed by atoms with Crippen molar-refractivity contribution in [2.75, 3.05) is 9.80 Å². The van der Waals surface area contributed by atoms with Crippen molar-refractivity contribution in [1.82, 2.24) is 4.98 Å². The van der Waals surface area contributed by atoms with Crippen molar-refractivity contribution < 1.29 is 14.4 Å². The van der Waals surface area contributed by atoms with Gasteiger partial charge in [-0.25, -0.2) is 9.88 Å². The summed E-state index contributed by atoms with van der Waals surface area (Å²) in [5.41, 5.74) is 4.16. The number of carbonyl (C=O) groups is 3. The topological polar surface area (TPSA) is 70.6 Å². The molecule has 172 valence electrons. The van der Waals surface area contributed by atoms with Gasteiger partial charge in [-0.15, -0.1) is 11.3 Å². The molecule has 3 amide bonds. The minimum absolute atomic E-state index is 0.167. The number of benzene rings is 3. The summed E-state index contributed by atoms with van der Waals surface area (Å²) in [6.45, 7) is 3.43. The first-order chi connectivity index (χ1) is 16.9. The van der Waals surface area contributed by atoms with Crippen LogP contribution < -0.4 is 9.80 Å². The summed E-state index contributed by atoms with van der Waals surface area (Å²) in [5.74, 6) is -0.948. The van der Waals surface area contributed by atoms with Crippen molar-refractivity contribution in [2.24, 2.45) is 0 Å². The fourth-order valence-corrected chi connectivity index (χ4v) is 4.86. The smallest absolute Gasteiger partial charge is 0.266 e. The molecule has 0 atom stereocenters. The fourth-order valence-electron chi connectivity index (χ4n) is 4.02. The second kappa shape index (κ2) is 9.12. The Hall–Kier alpha value is -4.36. The quantitative estimate of drug-likeness (QED) is 0.271. The van der Waals surface area contributed by atoms with Crippen LogP contribution in [0.25, 0.3) is 11.6 Å². The Morgan fingerprint density at radius 3 is 2.23 bits per heavy atom. The number of fused-ring (bicyclic) bond motifs is 1. The van der Waals surface area contributed by atoms with Gasteiger partial charge in [0.2, 0.25) is 5.91 Å². The van der Waals surface area contributed by atoms with Crippen molar-refractivity contribution in [3.05, 3.63) is 107 Å². The van der Waals surface area contributed by atoms with Crippen molar-refractivity contribution >= 4 is 57.2 Å². The van der Waals surface area contributed by atoms with Gasteiger partial charge in [0.15, 0.2) is 5.13 Å². The number of hydrogen-bond acceptors (Lipinski definition) is 5. The lowest BCUT2D eigenvalue weighted by molar-refractivity contribution is -0.116. The molecule has 0 radical (unpaired) electrons. The lowest BCUT2D eigenvalue weighted by Gasteiger charge is -2.28.